The van der Waals surface area contributed by atoms with Crippen molar-refractivity contribution in [2.45, 2.75) is 0 Å². The Labute approximate surface area is 288 Å². The number of anilines is 3. The SMILES string of the molecule is c1ccc2cc(-c3ccc(N(c4ccc(-c5ccc6ncccc6c5)cc4)c4ccc5oc6cc7ncccc7cc6c5c4)cc3)ccc2c1. The Kier molecular flexibility index (Phi) is 6.46. The van der Waals surface area contributed by atoms with E-state index in [9.17, 15) is 0 Å². The predicted molar refractivity (Wildman–Crippen MR) is 207 cm³/mol. The van der Waals surface area contributed by atoms with Gasteiger partial charge in [0.05, 0.1) is 11.0 Å². The fourth-order valence-corrected chi connectivity index (χ4v) is 7.15. The molecule has 3 aromatic heterocycles. The summed E-state index contributed by atoms with van der Waals surface area (Å²) in [6.07, 6.45) is 3.66. The summed E-state index contributed by atoms with van der Waals surface area (Å²) in [4.78, 5) is 11.4. The smallest absolute Gasteiger partial charge is 0.137 e. The van der Waals surface area contributed by atoms with Crippen molar-refractivity contribution in [3.8, 4) is 22.3 Å². The van der Waals surface area contributed by atoms with Crippen LogP contribution in [-0.2, 0) is 0 Å². The van der Waals surface area contributed by atoms with E-state index < -0.39 is 0 Å². The second-order valence-corrected chi connectivity index (χ2v) is 12.7. The third-order valence-electron chi connectivity index (χ3n) is 9.71. The lowest BCUT2D eigenvalue weighted by Crippen LogP contribution is -2.09. The molecule has 10 rings (SSSR count). The highest BCUT2D eigenvalue weighted by atomic mass is 16.3. The molecule has 0 aliphatic carbocycles. The number of fused-ring (bicyclic) bond motifs is 6. The van der Waals surface area contributed by atoms with Crippen LogP contribution in [0.3, 0.4) is 0 Å². The van der Waals surface area contributed by atoms with Crippen LogP contribution in [0.4, 0.5) is 17.1 Å². The molecule has 3 heterocycles. The molecule has 0 spiro atoms. The van der Waals surface area contributed by atoms with Gasteiger partial charge in [0.2, 0.25) is 0 Å². The molecule has 0 unspecified atom stereocenters. The summed E-state index contributed by atoms with van der Waals surface area (Å²) >= 11 is 0. The van der Waals surface area contributed by atoms with Gasteiger partial charge in [-0.1, -0.05) is 78.9 Å². The molecule has 50 heavy (non-hydrogen) atoms. The lowest BCUT2D eigenvalue weighted by Gasteiger charge is -2.26. The second-order valence-electron chi connectivity index (χ2n) is 12.7. The van der Waals surface area contributed by atoms with Crippen LogP contribution in [0.1, 0.15) is 0 Å². The lowest BCUT2D eigenvalue weighted by molar-refractivity contribution is 0.669. The number of rotatable bonds is 5. The molecule has 0 aliphatic rings. The van der Waals surface area contributed by atoms with E-state index in [2.05, 4.69) is 160 Å². The summed E-state index contributed by atoms with van der Waals surface area (Å²) in [5.41, 5.74) is 11.5. The fourth-order valence-electron chi connectivity index (χ4n) is 7.15. The molecule has 0 aliphatic heterocycles. The number of aromatic nitrogens is 2. The van der Waals surface area contributed by atoms with Crippen LogP contribution in [0.15, 0.2) is 181 Å². The van der Waals surface area contributed by atoms with E-state index in [0.29, 0.717) is 0 Å². The van der Waals surface area contributed by atoms with Crippen molar-refractivity contribution in [2.24, 2.45) is 0 Å². The van der Waals surface area contributed by atoms with E-state index in [0.717, 1.165) is 71.9 Å². The second kappa shape index (κ2) is 11.4. The van der Waals surface area contributed by atoms with Crippen LogP contribution in [0.2, 0.25) is 0 Å². The average Bonchev–Trinajstić information content (AvgIpc) is 3.54. The van der Waals surface area contributed by atoms with Crippen LogP contribution in [0.25, 0.3) is 76.8 Å². The Balaban J connectivity index is 1.09. The van der Waals surface area contributed by atoms with Crippen LogP contribution in [0.5, 0.6) is 0 Å². The number of benzene rings is 7. The maximum Gasteiger partial charge on any atom is 0.137 e. The number of hydrogen-bond donors (Lipinski definition) is 0. The number of pyridine rings is 2. The van der Waals surface area contributed by atoms with Gasteiger partial charge in [-0.05, 0) is 112 Å². The molecule has 4 nitrogen and oxygen atoms in total. The summed E-state index contributed by atoms with van der Waals surface area (Å²) in [5.74, 6) is 0. The van der Waals surface area contributed by atoms with E-state index in [4.69, 9.17) is 4.42 Å². The van der Waals surface area contributed by atoms with Crippen LogP contribution < -0.4 is 4.90 Å². The normalized spacial score (nSPS) is 11.6. The van der Waals surface area contributed by atoms with E-state index in [1.807, 2.05) is 30.6 Å². The topological polar surface area (TPSA) is 42.2 Å². The Morgan fingerprint density at radius 3 is 1.66 bits per heavy atom. The van der Waals surface area contributed by atoms with Crippen molar-refractivity contribution in [1.82, 2.24) is 9.97 Å². The Morgan fingerprint density at radius 2 is 0.920 bits per heavy atom. The van der Waals surface area contributed by atoms with E-state index in [-0.39, 0.29) is 0 Å². The Morgan fingerprint density at radius 1 is 0.360 bits per heavy atom. The number of nitrogens with zero attached hydrogens (tertiary/aromatic N) is 3. The Bertz CT molecular complexity index is 2750. The highest BCUT2D eigenvalue weighted by Gasteiger charge is 2.17. The molecule has 0 atom stereocenters. The zero-order chi connectivity index (χ0) is 33.0. The van der Waals surface area contributed by atoms with Crippen molar-refractivity contribution < 1.29 is 4.42 Å². The highest BCUT2D eigenvalue weighted by Crippen LogP contribution is 2.41. The van der Waals surface area contributed by atoms with Crippen LogP contribution >= 0.6 is 0 Å². The van der Waals surface area contributed by atoms with Crippen LogP contribution in [-0.4, -0.2) is 9.97 Å². The zero-order valence-electron chi connectivity index (χ0n) is 27.0. The summed E-state index contributed by atoms with van der Waals surface area (Å²) in [7, 11) is 0. The van der Waals surface area contributed by atoms with Gasteiger partial charge in [-0.2, -0.15) is 0 Å². The molecule has 234 valence electrons. The van der Waals surface area contributed by atoms with Gasteiger partial charge in [0.1, 0.15) is 11.2 Å². The molecular weight excluding hydrogens is 611 g/mol. The van der Waals surface area contributed by atoms with Gasteiger partial charge in [-0.3, -0.25) is 9.97 Å². The van der Waals surface area contributed by atoms with Gasteiger partial charge >= 0.3 is 0 Å². The summed E-state index contributed by atoms with van der Waals surface area (Å²) in [6.45, 7) is 0. The molecule has 0 amide bonds. The standard InChI is InChI=1S/C46H29N3O/c1-2-6-33-25-34(10-9-30(33)5-1)31-11-16-38(17-12-31)49(39-18-13-32(14-19-39)35-15-21-43-36(26-35)7-3-23-47-43)40-20-22-45-42(28-40)41-27-37-8-4-24-48-44(37)29-46(41)50-45/h1-29H. The van der Waals surface area contributed by atoms with Gasteiger partial charge in [-0.15, -0.1) is 0 Å². The largest absolute Gasteiger partial charge is 0.456 e. The molecule has 4 heteroatoms. The molecular formula is C46H29N3O. The minimum absolute atomic E-state index is 0.838. The molecule has 7 aromatic carbocycles. The zero-order valence-corrected chi connectivity index (χ0v) is 27.0. The fraction of sp³-hybridized carbons (Fsp3) is 0. The number of furan rings is 1. The first-order chi connectivity index (χ1) is 24.7. The molecule has 0 saturated carbocycles. The number of hydrogen-bond acceptors (Lipinski definition) is 4. The predicted octanol–water partition coefficient (Wildman–Crippen LogP) is 12.6. The quantitative estimate of drug-likeness (QED) is 0.188. The highest BCUT2D eigenvalue weighted by molar-refractivity contribution is 6.10. The van der Waals surface area contributed by atoms with Gasteiger partial charge in [0.15, 0.2) is 0 Å². The van der Waals surface area contributed by atoms with Gasteiger partial charge in [0.25, 0.3) is 0 Å². The van der Waals surface area contributed by atoms with Crippen molar-refractivity contribution in [1.29, 1.82) is 0 Å². The van der Waals surface area contributed by atoms with E-state index >= 15 is 0 Å². The van der Waals surface area contributed by atoms with Gasteiger partial charge in [-0.25, -0.2) is 0 Å². The van der Waals surface area contributed by atoms with Crippen molar-refractivity contribution in [2.75, 3.05) is 4.90 Å². The minimum atomic E-state index is 0.838. The van der Waals surface area contributed by atoms with Gasteiger partial charge in [0, 0.05) is 57.1 Å². The molecule has 0 saturated heterocycles. The average molecular weight is 640 g/mol. The molecule has 0 bridgehead atoms. The van der Waals surface area contributed by atoms with Crippen LogP contribution in [0, 0.1) is 0 Å². The summed E-state index contributed by atoms with van der Waals surface area (Å²) in [5, 5.41) is 6.86. The van der Waals surface area contributed by atoms with Gasteiger partial charge < -0.3 is 9.32 Å². The van der Waals surface area contributed by atoms with Crippen molar-refractivity contribution >= 4 is 71.6 Å². The first-order valence-electron chi connectivity index (χ1n) is 16.8. The lowest BCUT2D eigenvalue weighted by atomic mass is 10.0. The maximum absolute atomic E-state index is 6.33. The summed E-state index contributed by atoms with van der Waals surface area (Å²) < 4.78 is 6.33. The third kappa shape index (κ3) is 4.85. The Hall–Kier alpha value is -6.78. The first-order valence-corrected chi connectivity index (χ1v) is 16.8. The summed E-state index contributed by atoms with van der Waals surface area (Å²) in [6, 6.07) is 58.1. The molecule has 10 aromatic rings. The van der Waals surface area contributed by atoms with Crippen molar-refractivity contribution in [3.63, 3.8) is 0 Å². The molecule has 0 N–H and O–H groups in total. The first kappa shape index (κ1) is 28.3. The monoisotopic (exact) mass is 639 g/mol. The third-order valence-corrected chi connectivity index (χ3v) is 9.71. The van der Waals surface area contributed by atoms with Crippen molar-refractivity contribution in [3.05, 3.63) is 176 Å². The minimum Gasteiger partial charge on any atom is -0.456 e. The molecule has 0 radical (unpaired) electrons. The maximum atomic E-state index is 6.33. The van der Waals surface area contributed by atoms with E-state index in [1.165, 1.54) is 21.9 Å². The van der Waals surface area contributed by atoms with E-state index in [1.54, 1.807) is 0 Å². The molecule has 0 fully saturated rings.